The minimum Gasteiger partial charge on any atom is -0.492 e. The number of rotatable bonds is 25. The average Bonchev–Trinajstić information content (AvgIpc) is 3.45. The molecule has 1 saturated carbocycles. The average molecular weight is 1030 g/mol. The van der Waals surface area contributed by atoms with Crippen LogP contribution in [0.15, 0.2) is 96.2 Å². The molecule has 0 saturated heterocycles. The first-order chi connectivity index (χ1) is 37.3. The Morgan fingerprint density at radius 1 is 0.571 bits per heavy atom. The van der Waals surface area contributed by atoms with Crippen molar-refractivity contribution in [3.63, 3.8) is 0 Å². The number of unbranched alkanes of at least 4 members (excludes halogenated alkanes) is 1. The highest BCUT2D eigenvalue weighted by atomic mass is 16.5. The summed E-state index contributed by atoms with van der Waals surface area (Å²) >= 11 is 0. The van der Waals surface area contributed by atoms with Gasteiger partial charge in [0.05, 0.1) is 32.3 Å². The molecule has 0 spiro atoms. The van der Waals surface area contributed by atoms with E-state index in [4.69, 9.17) is 52.3 Å². The Morgan fingerprint density at radius 2 is 0.974 bits per heavy atom. The Labute approximate surface area is 457 Å². The number of ether oxygens (including phenoxy) is 3. The normalized spacial score (nSPS) is 11.7. The molecule has 0 aliphatic heterocycles. The number of nitrogens with zero attached hydrogens (tertiary/aromatic N) is 9. The molecule has 14 nitrogen and oxygen atoms in total. The van der Waals surface area contributed by atoms with Gasteiger partial charge >= 0.3 is 23.6 Å². The highest BCUT2D eigenvalue weighted by molar-refractivity contribution is 5.71. The Balaban J connectivity index is 0.000000357. The third-order valence-electron chi connectivity index (χ3n) is 13.4. The maximum atomic E-state index is 12.2. The topological polar surface area (TPSA) is 117 Å². The second-order valence-corrected chi connectivity index (χ2v) is 18.5. The molecule has 0 atom stereocenters. The molecule has 0 aromatic heterocycles. The van der Waals surface area contributed by atoms with Crippen LogP contribution in [0.3, 0.4) is 0 Å². The molecule has 4 aromatic rings. The molecule has 0 amide bonds. The zero-order valence-corrected chi connectivity index (χ0v) is 45.6. The number of benzene rings is 4. The van der Waals surface area contributed by atoms with E-state index in [1.807, 2.05) is 89.2 Å². The van der Waals surface area contributed by atoms with E-state index in [-0.39, 0.29) is 55.3 Å². The first-order valence-corrected chi connectivity index (χ1v) is 26.4. The SMILES string of the molecule is [C-]#[N+]C(=Cc1ccc(N(CC)CCOc2ccc(C3CCCCC3)cc2)cc1C)[N+]#[C-].[C-]#[N+]C(C#N)=Cc1ccc(N(CC)CCOC(=O)CCCCC(=O)OCCN(CC)c2ccc(C=C([N+]#[C-])[N+]#[C-])c(C)c2)cc1C. The van der Waals surface area contributed by atoms with Crippen molar-refractivity contribution >= 4 is 47.2 Å². The number of hydrogen-bond acceptors (Lipinski definition) is 9. The van der Waals surface area contributed by atoms with Gasteiger partial charge in [-0.05, 0) is 167 Å². The summed E-state index contributed by atoms with van der Waals surface area (Å²) < 4.78 is 16.9. The lowest BCUT2D eigenvalue weighted by atomic mass is 9.84. The predicted molar refractivity (Wildman–Crippen MR) is 308 cm³/mol. The molecule has 398 valence electrons. The fraction of sp³-hybridized carbons (Fsp3) is 0.397. The van der Waals surface area contributed by atoms with Crippen LogP contribution in [0.4, 0.5) is 17.1 Å². The second-order valence-electron chi connectivity index (χ2n) is 18.5. The fourth-order valence-corrected chi connectivity index (χ4v) is 8.93. The molecular weight excluding hydrogens is 963 g/mol. The van der Waals surface area contributed by atoms with Crippen molar-refractivity contribution in [1.82, 2.24) is 0 Å². The number of anilines is 3. The molecule has 1 aliphatic carbocycles. The fourth-order valence-electron chi connectivity index (χ4n) is 8.93. The van der Waals surface area contributed by atoms with Crippen molar-refractivity contribution < 1.29 is 23.8 Å². The van der Waals surface area contributed by atoms with E-state index in [2.05, 4.69) is 76.2 Å². The summed E-state index contributed by atoms with van der Waals surface area (Å²) in [6.07, 6.45) is 13.0. The van der Waals surface area contributed by atoms with Crippen LogP contribution in [-0.2, 0) is 19.1 Å². The largest absolute Gasteiger partial charge is 0.519 e. The van der Waals surface area contributed by atoms with Gasteiger partial charge in [-0.15, -0.1) is 0 Å². The molecule has 0 unspecified atom stereocenters. The standard InChI is InChI=1S/C36H40N6O4.C27H31N3O/c1-8-41(32-16-14-29(27(3)22-32)24-31(26-37)38-5)18-20-45-35(43)12-10-11-13-36(44)46-21-19-42(9-2)33-17-15-30(28(4)23-33)25-34(39-6)40-7;1-5-30(25-14-11-24(21(2)19-25)20-27(28-3)29-4)17-18-31-26-15-12-23(13-16-26)22-9-7-6-8-10-22/h14-17,22-25H,8-13,18-21H2,1-4H3;11-16,19-20,22H,5-10,17-18H2,1-2H3. The molecule has 0 radical (unpaired) electrons. The Bertz CT molecular complexity index is 2800. The van der Waals surface area contributed by atoms with E-state index >= 15 is 0 Å². The number of esters is 2. The summed E-state index contributed by atoms with van der Waals surface area (Å²) in [6, 6.07) is 28.3. The van der Waals surface area contributed by atoms with Gasteiger partial charge in [-0.2, -0.15) is 19.4 Å². The van der Waals surface area contributed by atoms with Gasteiger partial charge in [-0.3, -0.25) is 9.59 Å². The quantitative estimate of drug-likeness (QED) is 0.0277. The Kier molecular flexibility index (Phi) is 26.2. The smallest absolute Gasteiger partial charge is 0.492 e. The minimum absolute atomic E-state index is 0.0190. The van der Waals surface area contributed by atoms with E-state index in [0.717, 1.165) is 81.7 Å². The molecule has 77 heavy (non-hydrogen) atoms. The maximum absolute atomic E-state index is 12.2. The van der Waals surface area contributed by atoms with Gasteiger partial charge in [0.2, 0.25) is 0 Å². The van der Waals surface area contributed by atoms with Gasteiger partial charge in [0.15, 0.2) is 0 Å². The first-order valence-electron chi connectivity index (χ1n) is 26.4. The Morgan fingerprint density at radius 3 is 1.34 bits per heavy atom. The maximum Gasteiger partial charge on any atom is 0.519 e. The van der Waals surface area contributed by atoms with Crippen molar-refractivity contribution in [2.24, 2.45) is 0 Å². The van der Waals surface area contributed by atoms with Crippen LogP contribution in [-0.4, -0.2) is 71.0 Å². The summed E-state index contributed by atoms with van der Waals surface area (Å²) in [6.45, 7) is 52.6. The first kappa shape index (κ1) is 60.7. The zero-order chi connectivity index (χ0) is 56.0. The lowest BCUT2D eigenvalue weighted by molar-refractivity contribution is -0.145. The minimum atomic E-state index is -0.306. The number of aryl methyl sites for hydroxylation is 3. The summed E-state index contributed by atoms with van der Waals surface area (Å²) in [4.78, 5) is 47.1. The van der Waals surface area contributed by atoms with Gasteiger partial charge < -0.3 is 28.9 Å². The van der Waals surface area contributed by atoms with Crippen molar-refractivity contribution in [2.75, 3.05) is 73.8 Å². The van der Waals surface area contributed by atoms with E-state index in [1.165, 1.54) is 37.7 Å². The molecule has 0 heterocycles. The summed E-state index contributed by atoms with van der Waals surface area (Å²) in [5, 5.41) is 9.01. The number of hydrogen-bond donors (Lipinski definition) is 0. The summed E-state index contributed by atoms with van der Waals surface area (Å²) in [5.74, 6) is 1.15. The third kappa shape index (κ3) is 20.1. The molecule has 4 aromatic carbocycles. The number of allylic oxidation sites excluding steroid dienone is 1. The molecular formula is C63H71N9O5. The monoisotopic (exact) mass is 1030 g/mol. The predicted octanol–water partition coefficient (Wildman–Crippen LogP) is 14.3. The number of likely N-dealkylation sites (N-methyl/N-ethyl adjacent to an activating group) is 3. The molecule has 1 aliphatic rings. The van der Waals surface area contributed by atoms with Crippen molar-refractivity contribution in [3.8, 4) is 11.8 Å². The molecule has 1 fully saturated rings. The van der Waals surface area contributed by atoms with E-state index in [9.17, 15) is 9.59 Å². The van der Waals surface area contributed by atoms with Crippen molar-refractivity contribution in [3.05, 3.63) is 192 Å². The van der Waals surface area contributed by atoms with Crippen LogP contribution in [0.1, 0.15) is 123 Å². The lowest BCUT2D eigenvalue weighted by Crippen LogP contribution is -2.28. The van der Waals surface area contributed by atoms with Gasteiger partial charge in [-0.25, -0.2) is 10.1 Å². The van der Waals surface area contributed by atoms with Gasteiger partial charge in [0, 0.05) is 61.7 Å². The van der Waals surface area contributed by atoms with E-state index < -0.39 is 0 Å². The van der Waals surface area contributed by atoms with Crippen LogP contribution < -0.4 is 19.4 Å². The molecule has 14 heteroatoms. The van der Waals surface area contributed by atoms with Crippen molar-refractivity contribution in [2.45, 2.75) is 105 Å². The molecule has 0 N–H and O–H groups in total. The zero-order valence-electron chi connectivity index (χ0n) is 45.6. The second kappa shape index (κ2) is 33.2. The number of nitriles is 1. The number of carbonyl (C=O) groups excluding carboxylic acids is 2. The number of carbonyl (C=O) groups is 2. The highest BCUT2D eigenvalue weighted by Gasteiger charge is 2.17. The lowest BCUT2D eigenvalue weighted by Gasteiger charge is -2.24. The molecule has 0 bridgehead atoms. The van der Waals surface area contributed by atoms with Crippen LogP contribution in [0, 0.1) is 65.0 Å². The highest BCUT2D eigenvalue weighted by Crippen LogP contribution is 2.33. The van der Waals surface area contributed by atoms with Crippen LogP contribution in [0.2, 0.25) is 0 Å². The van der Waals surface area contributed by atoms with Crippen LogP contribution in [0.5, 0.6) is 5.75 Å². The molecule has 5 rings (SSSR count). The van der Waals surface area contributed by atoms with Crippen LogP contribution in [0.25, 0.3) is 42.5 Å². The van der Waals surface area contributed by atoms with Gasteiger partial charge in [0.25, 0.3) is 5.70 Å². The Hall–Kier alpha value is -8.82. The van der Waals surface area contributed by atoms with Crippen LogP contribution >= 0.6 is 0 Å². The van der Waals surface area contributed by atoms with E-state index in [1.54, 1.807) is 18.2 Å². The van der Waals surface area contributed by atoms with E-state index in [0.29, 0.717) is 39.1 Å². The summed E-state index contributed by atoms with van der Waals surface area (Å²) in [5.41, 5.74) is 10.0. The van der Waals surface area contributed by atoms with Crippen molar-refractivity contribution in [1.29, 1.82) is 5.26 Å². The van der Waals surface area contributed by atoms with Gasteiger partial charge in [0.1, 0.15) is 51.9 Å². The third-order valence-corrected chi connectivity index (χ3v) is 13.4. The summed E-state index contributed by atoms with van der Waals surface area (Å²) in [7, 11) is 0. The van der Waals surface area contributed by atoms with Gasteiger partial charge in [-0.1, -0.05) is 49.6 Å².